The zero-order chi connectivity index (χ0) is 13.8. The maximum atomic E-state index is 13.2. The van der Waals surface area contributed by atoms with Gasteiger partial charge in [0, 0.05) is 16.6 Å². The fraction of sp³-hybridized carbons (Fsp3) is 0.154. The summed E-state index contributed by atoms with van der Waals surface area (Å²) in [7, 11) is 0. The SMILES string of the molecule is CCOc1nc(Oc2cc(F)cc(Br)c2)ccc1N. The highest BCUT2D eigenvalue weighted by molar-refractivity contribution is 9.10. The van der Waals surface area contributed by atoms with Gasteiger partial charge in [0.05, 0.1) is 12.3 Å². The molecule has 0 spiro atoms. The van der Waals surface area contributed by atoms with Crippen LogP contribution in [0.4, 0.5) is 10.1 Å². The number of rotatable bonds is 4. The monoisotopic (exact) mass is 326 g/mol. The summed E-state index contributed by atoms with van der Waals surface area (Å²) < 4.78 is 24.5. The van der Waals surface area contributed by atoms with Crippen LogP contribution >= 0.6 is 15.9 Å². The zero-order valence-corrected chi connectivity index (χ0v) is 11.8. The van der Waals surface area contributed by atoms with E-state index in [-0.39, 0.29) is 5.88 Å². The Balaban J connectivity index is 2.25. The van der Waals surface area contributed by atoms with Crippen LogP contribution in [-0.2, 0) is 0 Å². The fourth-order valence-electron chi connectivity index (χ4n) is 1.45. The molecule has 2 rings (SSSR count). The Bertz CT molecular complexity index is 573. The highest BCUT2D eigenvalue weighted by Gasteiger charge is 2.07. The minimum Gasteiger partial charge on any atom is -0.476 e. The van der Waals surface area contributed by atoms with Gasteiger partial charge < -0.3 is 15.2 Å². The van der Waals surface area contributed by atoms with Crippen molar-refractivity contribution in [3.63, 3.8) is 0 Å². The molecule has 0 aliphatic heterocycles. The molecule has 0 radical (unpaired) electrons. The molecular weight excluding hydrogens is 315 g/mol. The maximum absolute atomic E-state index is 13.2. The summed E-state index contributed by atoms with van der Waals surface area (Å²) in [5.41, 5.74) is 6.13. The molecule has 2 aromatic rings. The Hall–Kier alpha value is -1.82. The average Bonchev–Trinajstić information content (AvgIpc) is 2.32. The van der Waals surface area contributed by atoms with Crippen molar-refractivity contribution in [1.82, 2.24) is 4.98 Å². The summed E-state index contributed by atoms with van der Waals surface area (Å²) >= 11 is 3.19. The largest absolute Gasteiger partial charge is 0.476 e. The van der Waals surface area contributed by atoms with Gasteiger partial charge in [-0.15, -0.1) is 0 Å². The van der Waals surface area contributed by atoms with E-state index in [2.05, 4.69) is 20.9 Å². The van der Waals surface area contributed by atoms with Crippen LogP contribution in [0.25, 0.3) is 0 Å². The first-order chi connectivity index (χ1) is 9.08. The zero-order valence-electron chi connectivity index (χ0n) is 10.2. The molecule has 0 bridgehead atoms. The molecule has 0 saturated heterocycles. The van der Waals surface area contributed by atoms with Gasteiger partial charge >= 0.3 is 0 Å². The van der Waals surface area contributed by atoms with Crippen LogP contribution in [0, 0.1) is 5.82 Å². The normalized spacial score (nSPS) is 10.3. The van der Waals surface area contributed by atoms with Crippen LogP contribution in [0.1, 0.15) is 6.92 Å². The number of halogens is 2. The van der Waals surface area contributed by atoms with Crippen LogP contribution in [0.3, 0.4) is 0 Å². The average molecular weight is 327 g/mol. The smallest absolute Gasteiger partial charge is 0.240 e. The van der Waals surface area contributed by atoms with Crippen LogP contribution in [0.2, 0.25) is 0 Å². The van der Waals surface area contributed by atoms with E-state index in [1.54, 1.807) is 18.2 Å². The van der Waals surface area contributed by atoms with Gasteiger partial charge in [-0.05, 0) is 25.1 Å². The van der Waals surface area contributed by atoms with Crippen molar-refractivity contribution in [3.8, 4) is 17.5 Å². The van der Waals surface area contributed by atoms with E-state index in [9.17, 15) is 4.39 Å². The Morgan fingerprint density at radius 2 is 2.11 bits per heavy atom. The second-order valence-electron chi connectivity index (χ2n) is 3.68. The molecule has 0 atom stereocenters. The van der Waals surface area contributed by atoms with E-state index in [4.69, 9.17) is 15.2 Å². The topological polar surface area (TPSA) is 57.4 Å². The fourth-order valence-corrected chi connectivity index (χ4v) is 1.90. The number of ether oxygens (including phenoxy) is 2. The molecule has 0 unspecified atom stereocenters. The summed E-state index contributed by atoms with van der Waals surface area (Å²) in [5.74, 6) is 0.530. The minimum absolute atomic E-state index is 0.287. The lowest BCUT2D eigenvalue weighted by molar-refractivity contribution is 0.323. The van der Waals surface area contributed by atoms with Gasteiger partial charge in [0.2, 0.25) is 11.8 Å². The second-order valence-corrected chi connectivity index (χ2v) is 4.60. The number of hydrogen-bond donors (Lipinski definition) is 1. The molecule has 0 saturated carbocycles. The number of aromatic nitrogens is 1. The quantitative estimate of drug-likeness (QED) is 0.929. The molecule has 0 aliphatic rings. The van der Waals surface area contributed by atoms with Gasteiger partial charge in [-0.25, -0.2) is 4.39 Å². The van der Waals surface area contributed by atoms with Crippen LogP contribution < -0.4 is 15.2 Å². The molecule has 1 aromatic carbocycles. The summed E-state index contributed by atoms with van der Waals surface area (Å²) in [6.07, 6.45) is 0. The first-order valence-corrected chi connectivity index (χ1v) is 6.41. The molecule has 100 valence electrons. The van der Waals surface area contributed by atoms with E-state index in [0.717, 1.165) is 0 Å². The summed E-state index contributed by atoms with van der Waals surface area (Å²) in [5, 5.41) is 0. The lowest BCUT2D eigenvalue weighted by Crippen LogP contribution is -2.00. The standard InChI is InChI=1S/C13H12BrFN2O2/c1-2-18-13-11(16)3-4-12(17-13)19-10-6-8(14)5-9(15)7-10/h3-7H,2,16H2,1H3. The third-order valence-corrected chi connectivity index (χ3v) is 2.66. The van der Waals surface area contributed by atoms with Crippen molar-refractivity contribution in [3.05, 3.63) is 40.6 Å². The number of pyridine rings is 1. The third-order valence-electron chi connectivity index (χ3n) is 2.20. The first kappa shape index (κ1) is 13.6. The van der Waals surface area contributed by atoms with E-state index >= 15 is 0 Å². The van der Waals surface area contributed by atoms with Gasteiger partial charge in [-0.2, -0.15) is 4.98 Å². The first-order valence-electron chi connectivity index (χ1n) is 5.61. The predicted octanol–water partition coefficient (Wildman–Crippen LogP) is 3.76. The highest BCUT2D eigenvalue weighted by atomic mass is 79.9. The number of nitrogen functional groups attached to an aromatic ring is 1. The Morgan fingerprint density at radius 1 is 1.32 bits per heavy atom. The van der Waals surface area contributed by atoms with Gasteiger partial charge in [0.25, 0.3) is 0 Å². The van der Waals surface area contributed by atoms with Crippen molar-refractivity contribution in [1.29, 1.82) is 0 Å². The summed E-state index contributed by atoms with van der Waals surface area (Å²) in [6.45, 7) is 2.28. The van der Waals surface area contributed by atoms with Crippen LogP contribution in [-0.4, -0.2) is 11.6 Å². The molecular formula is C13H12BrFN2O2. The van der Waals surface area contributed by atoms with Gasteiger partial charge in [-0.3, -0.25) is 0 Å². The third kappa shape index (κ3) is 3.57. The van der Waals surface area contributed by atoms with Gasteiger partial charge in [-0.1, -0.05) is 15.9 Å². The molecule has 4 nitrogen and oxygen atoms in total. The Labute approximate surface area is 118 Å². The highest BCUT2D eigenvalue weighted by Crippen LogP contribution is 2.28. The minimum atomic E-state index is -0.398. The predicted molar refractivity (Wildman–Crippen MR) is 74.0 cm³/mol. The molecule has 0 amide bonds. The Morgan fingerprint density at radius 3 is 2.79 bits per heavy atom. The van der Waals surface area contributed by atoms with E-state index in [1.807, 2.05) is 6.92 Å². The number of benzene rings is 1. The molecule has 1 heterocycles. The van der Waals surface area contributed by atoms with Crippen LogP contribution in [0.5, 0.6) is 17.5 Å². The number of nitrogens with zero attached hydrogens (tertiary/aromatic N) is 1. The van der Waals surface area contributed by atoms with E-state index in [1.165, 1.54) is 12.1 Å². The molecule has 0 aliphatic carbocycles. The van der Waals surface area contributed by atoms with Crippen LogP contribution in [0.15, 0.2) is 34.8 Å². The number of nitrogens with two attached hydrogens (primary N) is 1. The summed E-state index contributed by atoms with van der Waals surface area (Å²) in [6, 6.07) is 7.47. The van der Waals surface area contributed by atoms with Crippen molar-refractivity contribution in [2.24, 2.45) is 0 Å². The summed E-state index contributed by atoms with van der Waals surface area (Å²) in [4.78, 5) is 4.11. The molecule has 2 N–H and O–H groups in total. The van der Waals surface area contributed by atoms with E-state index < -0.39 is 5.82 Å². The van der Waals surface area contributed by atoms with Crippen molar-refractivity contribution >= 4 is 21.6 Å². The van der Waals surface area contributed by atoms with Crippen molar-refractivity contribution < 1.29 is 13.9 Å². The molecule has 0 fully saturated rings. The lowest BCUT2D eigenvalue weighted by Gasteiger charge is -2.09. The number of anilines is 1. The lowest BCUT2D eigenvalue weighted by atomic mass is 10.3. The molecule has 19 heavy (non-hydrogen) atoms. The molecule has 1 aromatic heterocycles. The van der Waals surface area contributed by atoms with Gasteiger partial charge in [0.1, 0.15) is 11.6 Å². The van der Waals surface area contributed by atoms with E-state index in [0.29, 0.717) is 28.4 Å². The Kier molecular flexibility index (Phi) is 4.21. The second kappa shape index (κ2) is 5.88. The van der Waals surface area contributed by atoms with Crippen molar-refractivity contribution in [2.45, 2.75) is 6.92 Å². The molecule has 6 heteroatoms. The van der Waals surface area contributed by atoms with Crippen molar-refractivity contribution in [2.75, 3.05) is 12.3 Å². The number of hydrogen-bond acceptors (Lipinski definition) is 4. The maximum Gasteiger partial charge on any atom is 0.240 e. The van der Waals surface area contributed by atoms with Gasteiger partial charge in [0.15, 0.2) is 0 Å².